The second kappa shape index (κ2) is 6.04. The van der Waals surface area contributed by atoms with Crippen molar-refractivity contribution >= 4 is 0 Å². The molecule has 0 saturated heterocycles. The van der Waals surface area contributed by atoms with Gasteiger partial charge in [0.2, 0.25) is 0 Å². The summed E-state index contributed by atoms with van der Waals surface area (Å²) < 4.78 is 15.9. The first-order chi connectivity index (χ1) is 8.94. The highest BCUT2D eigenvalue weighted by Crippen LogP contribution is 2.28. The van der Waals surface area contributed by atoms with Gasteiger partial charge in [0.15, 0.2) is 0 Å². The first-order valence-corrected chi connectivity index (χ1v) is 7.37. The highest BCUT2D eigenvalue weighted by molar-refractivity contribution is 5.02. The van der Waals surface area contributed by atoms with Gasteiger partial charge in [0.25, 0.3) is 0 Å². The Kier molecular flexibility index (Phi) is 4.61. The maximum Gasteiger partial charge on any atom is 0.118 e. The van der Waals surface area contributed by atoms with E-state index in [1.165, 1.54) is 25.7 Å². The molecule has 1 aliphatic carbocycles. The molecule has 0 amide bonds. The minimum Gasteiger partial charge on any atom is -0.309 e. The summed E-state index contributed by atoms with van der Waals surface area (Å²) in [5.41, 5.74) is 0.836. The van der Waals surface area contributed by atoms with E-state index in [0.717, 1.165) is 5.69 Å². The predicted molar refractivity (Wildman–Crippen MR) is 76.1 cm³/mol. The SMILES string of the molecule is CC(C)(C)NCC(F)Cc1ccn(C2CCCC2)n1. The highest BCUT2D eigenvalue weighted by Gasteiger charge is 2.19. The molecule has 2 rings (SSSR count). The van der Waals surface area contributed by atoms with Crippen molar-refractivity contribution in [3.8, 4) is 0 Å². The maximum atomic E-state index is 13.9. The molecule has 0 radical (unpaired) electrons. The van der Waals surface area contributed by atoms with Crippen LogP contribution in [0.4, 0.5) is 4.39 Å². The topological polar surface area (TPSA) is 29.9 Å². The zero-order chi connectivity index (χ0) is 13.9. The molecule has 1 N–H and O–H groups in total. The standard InChI is InChI=1S/C15H26FN3/c1-15(2,3)17-11-12(16)10-13-8-9-19(18-13)14-6-4-5-7-14/h8-9,12,14,17H,4-7,10-11H2,1-3H3. The molecular weight excluding hydrogens is 241 g/mol. The number of halogens is 1. The van der Waals surface area contributed by atoms with Gasteiger partial charge >= 0.3 is 0 Å². The molecule has 1 aliphatic rings. The van der Waals surface area contributed by atoms with Gasteiger partial charge in [-0.25, -0.2) is 4.39 Å². The van der Waals surface area contributed by atoms with Crippen molar-refractivity contribution in [1.29, 1.82) is 0 Å². The Labute approximate surface area is 115 Å². The van der Waals surface area contributed by atoms with E-state index in [4.69, 9.17) is 0 Å². The molecular formula is C15H26FN3. The van der Waals surface area contributed by atoms with Crippen LogP contribution in [0.25, 0.3) is 0 Å². The third-order valence-corrected chi connectivity index (χ3v) is 3.65. The lowest BCUT2D eigenvalue weighted by Crippen LogP contribution is -2.40. The van der Waals surface area contributed by atoms with E-state index < -0.39 is 6.17 Å². The van der Waals surface area contributed by atoms with Crippen LogP contribution >= 0.6 is 0 Å². The molecule has 1 saturated carbocycles. The summed E-state index contributed by atoms with van der Waals surface area (Å²) in [6, 6.07) is 2.50. The molecule has 0 aromatic carbocycles. The molecule has 0 spiro atoms. The summed E-state index contributed by atoms with van der Waals surface area (Å²) in [5, 5.41) is 7.72. The summed E-state index contributed by atoms with van der Waals surface area (Å²) in [4.78, 5) is 0. The van der Waals surface area contributed by atoms with Crippen LogP contribution in [0.3, 0.4) is 0 Å². The van der Waals surface area contributed by atoms with Gasteiger partial charge in [0, 0.05) is 24.7 Å². The molecule has 108 valence electrons. The van der Waals surface area contributed by atoms with E-state index in [9.17, 15) is 4.39 Å². The summed E-state index contributed by atoms with van der Waals surface area (Å²) >= 11 is 0. The van der Waals surface area contributed by atoms with Gasteiger partial charge in [-0.05, 0) is 39.7 Å². The van der Waals surface area contributed by atoms with Crippen molar-refractivity contribution in [2.45, 2.75) is 70.6 Å². The minimum atomic E-state index is -0.869. The van der Waals surface area contributed by atoms with Crippen LogP contribution in [-0.4, -0.2) is 28.0 Å². The molecule has 3 nitrogen and oxygen atoms in total. The monoisotopic (exact) mass is 267 g/mol. The van der Waals surface area contributed by atoms with E-state index >= 15 is 0 Å². The van der Waals surface area contributed by atoms with Crippen LogP contribution in [0, 0.1) is 0 Å². The Bertz CT molecular complexity index is 388. The third-order valence-electron chi connectivity index (χ3n) is 3.65. The first-order valence-electron chi connectivity index (χ1n) is 7.37. The molecule has 1 heterocycles. The zero-order valence-electron chi connectivity index (χ0n) is 12.3. The minimum absolute atomic E-state index is 0.0342. The molecule has 1 fully saturated rings. The van der Waals surface area contributed by atoms with Crippen LogP contribution in [-0.2, 0) is 6.42 Å². The van der Waals surface area contributed by atoms with Gasteiger partial charge in [-0.1, -0.05) is 12.8 Å². The number of hydrogen-bond acceptors (Lipinski definition) is 2. The number of rotatable bonds is 5. The number of aromatic nitrogens is 2. The Balaban J connectivity index is 1.82. The summed E-state index contributed by atoms with van der Waals surface area (Å²) in [5.74, 6) is 0. The van der Waals surface area contributed by atoms with Crippen LogP contribution in [0.5, 0.6) is 0 Å². The third kappa shape index (κ3) is 4.60. The Morgan fingerprint density at radius 1 is 1.42 bits per heavy atom. The first kappa shape index (κ1) is 14.5. The van der Waals surface area contributed by atoms with Gasteiger partial charge in [-0.2, -0.15) is 5.10 Å². The van der Waals surface area contributed by atoms with E-state index in [0.29, 0.717) is 19.0 Å². The zero-order valence-corrected chi connectivity index (χ0v) is 12.3. The largest absolute Gasteiger partial charge is 0.309 e. The number of nitrogens with one attached hydrogen (secondary N) is 1. The number of hydrogen-bond donors (Lipinski definition) is 1. The lowest BCUT2D eigenvalue weighted by molar-refractivity contribution is 0.282. The van der Waals surface area contributed by atoms with Crippen molar-refractivity contribution in [3.05, 3.63) is 18.0 Å². The molecule has 1 unspecified atom stereocenters. The molecule has 1 atom stereocenters. The maximum absolute atomic E-state index is 13.9. The van der Waals surface area contributed by atoms with Gasteiger partial charge in [0.1, 0.15) is 6.17 Å². The number of nitrogens with zero attached hydrogens (tertiary/aromatic N) is 2. The Morgan fingerprint density at radius 2 is 2.11 bits per heavy atom. The molecule has 19 heavy (non-hydrogen) atoms. The quantitative estimate of drug-likeness (QED) is 0.887. The predicted octanol–water partition coefficient (Wildman–Crippen LogP) is 3.27. The van der Waals surface area contributed by atoms with Crippen molar-refractivity contribution in [1.82, 2.24) is 15.1 Å². The van der Waals surface area contributed by atoms with Gasteiger partial charge in [-0.3, -0.25) is 4.68 Å². The Morgan fingerprint density at radius 3 is 2.74 bits per heavy atom. The van der Waals surface area contributed by atoms with Crippen molar-refractivity contribution < 1.29 is 4.39 Å². The van der Waals surface area contributed by atoms with Crippen LogP contribution in [0.1, 0.15) is 58.2 Å². The summed E-state index contributed by atoms with van der Waals surface area (Å²) in [6.45, 7) is 6.54. The van der Waals surface area contributed by atoms with Gasteiger partial charge in [0.05, 0.1) is 11.7 Å². The van der Waals surface area contributed by atoms with Crippen LogP contribution in [0.15, 0.2) is 12.3 Å². The van der Waals surface area contributed by atoms with Crippen molar-refractivity contribution in [2.75, 3.05) is 6.54 Å². The lowest BCUT2D eigenvalue weighted by atomic mass is 10.1. The molecule has 1 aromatic heterocycles. The van der Waals surface area contributed by atoms with Crippen molar-refractivity contribution in [2.24, 2.45) is 0 Å². The van der Waals surface area contributed by atoms with E-state index in [1.54, 1.807) is 0 Å². The van der Waals surface area contributed by atoms with Crippen molar-refractivity contribution in [3.63, 3.8) is 0 Å². The van der Waals surface area contributed by atoms with E-state index in [1.807, 2.05) is 16.9 Å². The van der Waals surface area contributed by atoms with Crippen LogP contribution < -0.4 is 5.32 Å². The fourth-order valence-electron chi connectivity index (χ4n) is 2.57. The van der Waals surface area contributed by atoms with Gasteiger partial charge in [-0.15, -0.1) is 0 Å². The molecule has 4 heteroatoms. The smallest absolute Gasteiger partial charge is 0.118 e. The molecule has 0 aliphatic heterocycles. The average Bonchev–Trinajstić information content (AvgIpc) is 2.94. The summed E-state index contributed by atoms with van der Waals surface area (Å²) in [7, 11) is 0. The molecule has 0 bridgehead atoms. The number of alkyl halides is 1. The molecule has 1 aromatic rings. The fraction of sp³-hybridized carbons (Fsp3) is 0.800. The Hall–Kier alpha value is -0.900. The lowest BCUT2D eigenvalue weighted by Gasteiger charge is -2.21. The highest BCUT2D eigenvalue weighted by atomic mass is 19.1. The fourth-order valence-corrected chi connectivity index (χ4v) is 2.57. The second-order valence-corrected chi connectivity index (χ2v) is 6.66. The van der Waals surface area contributed by atoms with E-state index in [2.05, 4.69) is 31.2 Å². The van der Waals surface area contributed by atoms with E-state index in [-0.39, 0.29) is 5.54 Å². The summed E-state index contributed by atoms with van der Waals surface area (Å²) in [6.07, 6.45) is 6.56. The van der Waals surface area contributed by atoms with Crippen LogP contribution in [0.2, 0.25) is 0 Å². The van der Waals surface area contributed by atoms with Gasteiger partial charge < -0.3 is 5.32 Å². The normalized spacial score (nSPS) is 18.9. The second-order valence-electron chi connectivity index (χ2n) is 6.66. The average molecular weight is 267 g/mol.